The van der Waals surface area contributed by atoms with Gasteiger partial charge in [0.15, 0.2) is 17.6 Å². The first-order chi connectivity index (χ1) is 11.6. The van der Waals surface area contributed by atoms with Crippen molar-refractivity contribution < 1.29 is 24.9 Å². The number of benzene rings is 1. The van der Waals surface area contributed by atoms with Gasteiger partial charge in [0.1, 0.15) is 5.41 Å². The highest BCUT2D eigenvalue weighted by atomic mass is 16.6. The van der Waals surface area contributed by atoms with Crippen molar-refractivity contribution in [2.24, 2.45) is 11.3 Å². The summed E-state index contributed by atoms with van der Waals surface area (Å²) in [5.41, 5.74) is 0.405. The number of rotatable bonds is 1. The Bertz CT molecular complexity index is 766. The summed E-state index contributed by atoms with van der Waals surface area (Å²) in [7, 11) is 0. The molecule has 2 bridgehead atoms. The molecule has 1 saturated carbocycles. The Balaban J connectivity index is 2.06. The molecule has 2 heterocycles. The molecule has 0 aromatic heterocycles. The van der Waals surface area contributed by atoms with Crippen molar-refractivity contribution >= 4 is 5.97 Å². The van der Waals surface area contributed by atoms with Crippen molar-refractivity contribution in [1.82, 2.24) is 0 Å². The van der Waals surface area contributed by atoms with Gasteiger partial charge in [-0.2, -0.15) is 0 Å². The van der Waals surface area contributed by atoms with E-state index in [-0.39, 0.29) is 34.7 Å². The third-order valence-corrected chi connectivity index (χ3v) is 6.72. The van der Waals surface area contributed by atoms with E-state index >= 15 is 0 Å². The fourth-order valence-electron chi connectivity index (χ4n) is 5.71. The highest BCUT2D eigenvalue weighted by Crippen LogP contribution is 2.66. The molecule has 1 aromatic rings. The standard InChI is InChI=1S/C20H26O5/c1-9(2)10-8-11-12(14(22)13(10)21)20-7-5-6-19(3,4)17(20)15(23)16(11)25-18(20)24/h8-9,15-17,21-23H,5-7H2,1-4H3/t15-,16-,17-,20?/m0/s1. The maximum atomic E-state index is 13.0. The van der Waals surface area contributed by atoms with Crippen LogP contribution in [0.4, 0.5) is 0 Å². The molecule has 1 saturated heterocycles. The van der Waals surface area contributed by atoms with Crippen molar-refractivity contribution in [3.05, 3.63) is 22.8 Å². The van der Waals surface area contributed by atoms with Crippen LogP contribution in [0.15, 0.2) is 6.07 Å². The highest BCUT2D eigenvalue weighted by molar-refractivity contribution is 5.90. The number of carbonyl (C=O) groups excluding carboxylic acids is 1. The van der Waals surface area contributed by atoms with Crippen LogP contribution >= 0.6 is 0 Å². The van der Waals surface area contributed by atoms with Crippen molar-refractivity contribution in [1.29, 1.82) is 0 Å². The van der Waals surface area contributed by atoms with Crippen molar-refractivity contribution in [3.8, 4) is 11.5 Å². The van der Waals surface area contributed by atoms with E-state index in [1.165, 1.54) is 0 Å². The molecule has 2 fully saturated rings. The minimum absolute atomic E-state index is 0.000547. The van der Waals surface area contributed by atoms with Gasteiger partial charge in [-0.15, -0.1) is 0 Å². The molecule has 2 aliphatic carbocycles. The van der Waals surface area contributed by atoms with Crippen LogP contribution in [0.2, 0.25) is 0 Å². The molecule has 25 heavy (non-hydrogen) atoms. The van der Waals surface area contributed by atoms with E-state index in [9.17, 15) is 20.1 Å². The first-order valence-corrected chi connectivity index (χ1v) is 9.11. The molecule has 0 amide bonds. The monoisotopic (exact) mass is 346 g/mol. The lowest BCUT2D eigenvalue weighted by Crippen LogP contribution is -2.65. The normalized spacial score (nSPS) is 35.3. The van der Waals surface area contributed by atoms with Crippen LogP contribution in [-0.4, -0.2) is 27.4 Å². The molecule has 2 aliphatic heterocycles. The molecule has 4 aliphatic rings. The molecule has 136 valence electrons. The van der Waals surface area contributed by atoms with E-state index in [2.05, 4.69) is 13.8 Å². The van der Waals surface area contributed by atoms with Gasteiger partial charge >= 0.3 is 5.97 Å². The van der Waals surface area contributed by atoms with E-state index in [4.69, 9.17) is 4.74 Å². The Hall–Kier alpha value is -1.75. The molecule has 4 atom stereocenters. The largest absolute Gasteiger partial charge is 0.504 e. The van der Waals surface area contributed by atoms with E-state index in [1.54, 1.807) is 6.07 Å². The molecule has 5 rings (SSSR count). The first-order valence-electron chi connectivity index (χ1n) is 9.11. The third-order valence-electron chi connectivity index (χ3n) is 6.72. The SMILES string of the molecule is CC(C)c1cc2c(c(O)c1O)C13CCCC(C)(C)[C@@H]1[C@@H](O)[C@H]2OC3=O. The summed E-state index contributed by atoms with van der Waals surface area (Å²) in [6.07, 6.45) is 0.648. The van der Waals surface area contributed by atoms with E-state index in [0.29, 0.717) is 23.1 Å². The molecule has 5 nitrogen and oxygen atoms in total. The first kappa shape index (κ1) is 16.7. The summed E-state index contributed by atoms with van der Waals surface area (Å²) in [5, 5.41) is 32.5. The second-order valence-electron chi connectivity index (χ2n) is 8.89. The Morgan fingerprint density at radius 1 is 1.20 bits per heavy atom. The van der Waals surface area contributed by atoms with Gasteiger partial charge < -0.3 is 20.1 Å². The lowest BCUT2D eigenvalue weighted by atomic mass is 9.46. The van der Waals surface area contributed by atoms with E-state index < -0.39 is 17.6 Å². The second-order valence-corrected chi connectivity index (χ2v) is 8.89. The molecule has 1 spiro atoms. The summed E-state index contributed by atoms with van der Waals surface area (Å²) in [5.74, 6) is -1.07. The van der Waals surface area contributed by atoms with Gasteiger partial charge in [-0.25, -0.2) is 0 Å². The van der Waals surface area contributed by atoms with Crippen molar-refractivity contribution in [2.45, 2.75) is 70.5 Å². The molecule has 0 radical (unpaired) electrons. The van der Waals surface area contributed by atoms with Gasteiger partial charge in [-0.3, -0.25) is 4.79 Å². The fourth-order valence-corrected chi connectivity index (χ4v) is 5.71. The zero-order chi connectivity index (χ0) is 18.3. The summed E-state index contributed by atoms with van der Waals surface area (Å²) < 4.78 is 5.63. The number of aromatic hydroxyl groups is 2. The zero-order valence-electron chi connectivity index (χ0n) is 15.2. The van der Waals surface area contributed by atoms with Gasteiger partial charge in [0, 0.05) is 22.6 Å². The number of hydrogen-bond acceptors (Lipinski definition) is 5. The van der Waals surface area contributed by atoms with E-state index in [0.717, 1.165) is 12.8 Å². The zero-order valence-corrected chi connectivity index (χ0v) is 15.2. The summed E-state index contributed by atoms with van der Waals surface area (Å²) >= 11 is 0. The van der Waals surface area contributed by atoms with Gasteiger partial charge in [-0.05, 0) is 30.2 Å². The number of hydrogen-bond donors (Lipinski definition) is 3. The predicted octanol–water partition coefficient (Wildman–Crippen LogP) is 3.26. The topological polar surface area (TPSA) is 87.0 Å². The number of aliphatic hydroxyl groups excluding tert-OH is 1. The molecule has 3 N–H and O–H groups in total. The number of esters is 1. The van der Waals surface area contributed by atoms with Crippen LogP contribution in [0.1, 0.15) is 75.7 Å². The van der Waals surface area contributed by atoms with Crippen LogP contribution < -0.4 is 0 Å². The maximum Gasteiger partial charge on any atom is 0.317 e. The Labute approximate surface area is 147 Å². The quantitative estimate of drug-likeness (QED) is 0.537. The Kier molecular flexibility index (Phi) is 3.28. The molecular formula is C20H26O5. The van der Waals surface area contributed by atoms with Gasteiger partial charge in [0.2, 0.25) is 0 Å². The fraction of sp³-hybridized carbons (Fsp3) is 0.650. The number of fused-ring (bicyclic) bond motifs is 1. The van der Waals surface area contributed by atoms with Crippen molar-refractivity contribution in [2.75, 3.05) is 0 Å². The third kappa shape index (κ3) is 1.85. The molecule has 5 heteroatoms. The van der Waals surface area contributed by atoms with Gasteiger partial charge in [-0.1, -0.05) is 34.1 Å². The van der Waals surface area contributed by atoms with E-state index in [1.807, 2.05) is 13.8 Å². The minimum Gasteiger partial charge on any atom is -0.504 e. The van der Waals surface area contributed by atoms with Crippen LogP contribution in [0.5, 0.6) is 11.5 Å². The Morgan fingerprint density at radius 2 is 1.88 bits per heavy atom. The Morgan fingerprint density at radius 3 is 2.52 bits per heavy atom. The number of carbonyl (C=O) groups is 1. The predicted molar refractivity (Wildman–Crippen MR) is 91.5 cm³/mol. The average molecular weight is 346 g/mol. The summed E-state index contributed by atoms with van der Waals surface area (Å²) in [6.45, 7) is 7.98. The summed E-state index contributed by atoms with van der Waals surface area (Å²) in [6, 6.07) is 1.80. The van der Waals surface area contributed by atoms with Crippen LogP contribution in [0, 0.1) is 11.3 Å². The van der Waals surface area contributed by atoms with Crippen LogP contribution in [0.25, 0.3) is 0 Å². The molecule has 1 unspecified atom stereocenters. The highest BCUT2D eigenvalue weighted by Gasteiger charge is 2.68. The molecular weight excluding hydrogens is 320 g/mol. The number of aliphatic hydroxyl groups is 1. The average Bonchev–Trinajstić information content (AvgIpc) is 2.51. The second kappa shape index (κ2) is 4.91. The van der Waals surface area contributed by atoms with Crippen LogP contribution in [0.3, 0.4) is 0 Å². The van der Waals surface area contributed by atoms with Gasteiger partial charge in [0.05, 0.1) is 6.10 Å². The lowest BCUT2D eigenvalue weighted by molar-refractivity contribution is -0.213. The molecule has 1 aromatic carbocycles. The van der Waals surface area contributed by atoms with Crippen LogP contribution in [-0.2, 0) is 14.9 Å². The maximum absolute atomic E-state index is 13.0. The number of phenolic OH excluding ortho intramolecular Hbond substituents is 2. The lowest BCUT2D eigenvalue weighted by Gasteiger charge is -2.60. The summed E-state index contributed by atoms with van der Waals surface area (Å²) in [4.78, 5) is 13.0. The van der Waals surface area contributed by atoms with Gasteiger partial charge in [0.25, 0.3) is 0 Å². The number of ether oxygens (including phenoxy) is 1. The smallest absolute Gasteiger partial charge is 0.317 e. The van der Waals surface area contributed by atoms with Crippen molar-refractivity contribution in [3.63, 3.8) is 0 Å². The number of phenols is 2. The minimum atomic E-state index is -1.08.